The average Bonchev–Trinajstić information content (AvgIpc) is 2.14. The van der Waals surface area contributed by atoms with E-state index in [9.17, 15) is 9.70 Å². The van der Waals surface area contributed by atoms with Gasteiger partial charge in [-0.2, -0.15) is 0 Å². The van der Waals surface area contributed by atoms with Gasteiger partial charge in [0.2, 0.25) is 5.69 Å². The third kappa shape index (κ3) is 0.534. The molecule has 0 radical (unpaired) electrons. The van der Waals surface area contributed by atoms with E-state index in [0.29, 0.717) is 0 Å². The van der Waals surface area contributed by atoms with Crippen LogP contribution in [-0.2, 0) is 0 Å². The highest BCUT2D eigenvalue weighted by Gasteiger charge is 1.98. The van der Waals surface area contributed by atoms with Crippen LogP contribution < -0.4 is 5.63 Å². The van der Waals surface area contributed by atoms with Gasteiger partial charge < -0.3 is 4.52 Å². The molecule has 0 spiro atoms. The molecule has 0 amide bonds. The van der Waals surface area contributed by atoms with Crippen LogP contribution in [0.5, 0.6) is 0 Å². The second-order valence-electron chi connectivity index (χ2n) is 1.13. The molecule has 1 aromatic heterocycles. The molecule has 0 aliphatic carbocycles. The number of nitrogens with zero attached hydrogens (tertiary/aromatic N) is 1. The summed E-state index contributed by atoms with van der Waals surface area (Å²) in [7, 11) is 0. The summed E-state index contributed by atoms with van der Waals surface area (Å²) >= 11 is 0. The number of hydrogen-bond acceptors (Lipinski definition) is 4. The maximum Gasteiger partial charge on any atom is 0.386 e. The van der Waals surface area contributed by atoms with Crippen LogP contribution in [0.1, 0.15) is 0 Å². The minimum atomic E-state index is -0.736. The van der Waals surface area contributed by atoms with E-state index in [0.717, 1.165) is 6.20 Å². The van der Waals surface area contributed by atoms with E-state index in [1.54, 1.807) is 0 Å². The number of rotatable bonds is 1. The molecule has 1 heterocycles. The van der Waals surface area contributed by atoms with Gasteiger partial charge in [-0.1, -0.05) is 0 Å². The van der Waals surface area contributed by atoms with Crippen LogP contribution in [0.2, 0.25) is 0 Å². The summed E-state index contributed by atoms with van der Waals surface area (Å²) in [5.41, 5.74) is -0.968. The van der Waals surface area contributed by atoms with Gasteiger partial charge in [0.25, 0.3) is 0 Å². The van der Waals surface area contributed by atoms with E-state index in [1.165, 1.54) is 0 Å². The molecule has 0 aromatic carbocycles. The summed E-state index contributed by atoms with van der Waals surface area (Å²) in [5.74, 6) is 0. The molecule has 1 N–H and O–H groups in total. The molecule has 1 aromatic rings. The SMILES string of the molecule is O=Nc1c[nH]oc1=O. The molecule has 0 unspecified atom stereocenters. The van der Waals surface area contributed by atoms with Crippen LogP contribution in [0.15, 0.2) is 20.7 Å². The predicted octanol–water partition coefficient (Wildman–Crippen LogP) is 0.366. The van der Waals surface area contributed by atoms with Crippen LogP contribution in [-0.4, -0.2) is 5.16 Å². The fraction of sp³-hybridized carbons (Fsp3) is 0. The van der Waals surface area contributed by atoms with Gasteiger partial charge in [-0.3, -0.25) is 0 Å². The van der Waals surface area contributed by atoms with Crippen LogP contribution >= 0.6 is 0 Å². The second-order valence-corrected chi connectivity index (χ2v) is 1.13. The first kappa shape index (κ1) is 4.76. The number of nitrogens with one attached hydrogen (secondary N) is 1. The van der Waals surface area contributed by atoms with Crippen molar-refractivity contribution in [3.8, 4) is 0 Å². The first-order valence-corrected chi connectivity index (χ1v) is 1.85. The minimum Gasteiger partial charge on any atom is -0.337 e. The maximum absolute atomic E-state index is 10.2. The lowest BCUT2D eigenvalue weighted by Crippen LogP contribution is -1.87. The van der Waals surface area contributed by atoms with E-state index in [2.05, 4.69) is 14.9 Å². The first-order chi connectivity index (χ1) is 3.84. The van der Waals surface area contributed by atoms with Gasteiger partial charge in [-0.05, 0) is 5.18 Å². The number of H-pyrrole nitrogens is 1. The predicted molar refractivity (Wildman–Crippen MR) is 24.8 cm³/mol. The van der Waals surface area contributed by atoms with Crippen LogP contribution in [0.25, 0.3) is 0 Å². The quantitative estimate of drug-likeness (QED) is 0.535. The Balaban J connectivity index is 3.30. The van der Waals surface area contributed by atoms with Gasteiger partial charge in [0, 0.05) is 0 Å². The zero-order valence-corrected chi connectivity index (χ0v) is 3.75. The topological polar surface area (TPSA) is 75.4 Å². The summed E-state index contributed by atoms with van der Waals surface area (Å²) in [4.78, 5) is 19.7. The lowest BCUT2D eigenvalue weighted by Gasteiger charge is -1.60. The Hall–Kier alpha value is -1.39. The molecular weight excluding hydrogens is 112 g/mol. The summed E-state index contributed by atoms with van der Waals surface area (Å²) in [6, 6.07) is 0. The monoisotopic (exact) mass is 114 g/mol. The molecule has 0 bridgehead atoms. The van der Waals surface area contributed by atoms with Crippen LogP contribution in [0.4, 0.5) is 5.69 Å². The van der Waals surface area contributed by atoms with Crippen molar-refractivity contribution in [2.75, 3.05) is 0 Å². The van der Waals surface area contributed by atoms with Crippen molar-refractivity contribution in [3.63, 3.8) is 0 Å². The van der Waals surface area contributed by atoms with Gasteiger partial charge in [0.15, 0.2) is 0 Å². The lowest BCUT2D eigenvalue weighted by molar-refractivity contribution is 0.392. The zero-order valence-electron chi connectivity index (χ0n) is 3.75. The summed E-state index contributed by atoms with van der Waals surface area (Å²) in [6.45, 7) is 0. The van der Waals surface area contributed by atoms with E-state index >= 15 is 0 Å². The number of aromatic nitrogens is 1. The smallest absolute Gasteiger partial charge is 0.337 e. The summed E-state index contributed by atoms with van der Waals surface area (Å²) in [6.07, 6.45) is 1.09. The normalized spacial score (nSPS) is 9.00. The highest BCUT2D eigenvalue weighted by molar-refractivity contribution is 5.26. The Labute approximate surface area is 43.3 Å². The number of nitroso groups, excluding NO2 is 1. The van der Waals surface area contributed by atoms with Crippen LogP contribution in [0, 0.1) is 4.91 Å². The fourth-order valence-electron chi connectivity index (χ4n) is 0.314. The van der Waals surface area contributed by atoms with Gasteiger partial charge >= 0.3 is 5.63 Å². The number of hydrogen-bond donors (Lipinski definition) is 1. The molecule has 0 aliphatic rings. The molecule has 0 atom stereocenters. The average molecular weight is 114 g/mol. The summed E-state index contributed by atoms with van der Waals surface area (Å²) < 4.78 is 4.08. The van der Waals surface area contributed by atoms with Gasteiger partial charge in [0.05, 0.1) is 6.20 Å². The molecule has 1 rings (SSSR count). The first-order valence-electron chi connectivity index (χ1n) is 1.85. The molecule has 0 fully saturated rings. The largest absolute Gasteiger partial charge is 0.386 e. The standard InChI is InChI=1S/C3H2N2O3/c6-3-2(5-7)1-4-8-3/h1,4H. The Bertz CT molecular complexity index is 235. The van der Waals surface area contributed by atoms with E-state index in [-0.39, 0.29) is 5.69 Å². The molecule has 5 heteroatoms. The van der Waals surface area contributed by atoms with Crippen molar-refractivity contribution in [1.82, 2.24) is 5.16 Å². The van der Waals surface area contributed by atoms with Crippen molar-refractivity contribution >= 4 is 5.69 Å². The third-order valence-electron chi connectivity index (χ3n) is 0.655. The Morgan fingerprint density at radius 2 is 2.50 bits per heavy atom. The Kier molecular flexibility index (Phi) is 0.957. The lowest BCUT2D eigenvalue weighted by atomic mass is 10.6. The van der Waals surface area contributed by atoms with Gasteiger partial charge in [0.1, 0.15) is 0 Å². The highest BCUT2D eigenvalue weighted by atomic mass is 16.5. The van der Waals surface area contributed by atoms with Gasteiger partial charge in [-0.25, -0.2) is 9.95 Å². The van der Waals surface area contributed by atoms with E-state index < -0.39 is 5.63 Å². The van der Waals surface area contributed by atoms with E-state index in [1.807, 2.05) is 0 Å². The molecule has 0 aliphatic heterocycles. The molecular formula is C3H2N2O3. The molecule has 42 valence electrons. The fourth-order valence-corrected chi connectivity index (χ4v) is 0.314. The second kappa shape index (κ2) is 1.61. The van der Waals surface area contributed by atoms with Crippen LogP contribution in [0.3, 0.4) is 0 Å². The maximum atomic E-state index is 10.2. The Morgan fingerprint density at radius 1 is 1.75 bits per heavy atom. The molecule has 8 heavy (non-hydrogen) atoms. The summed E-state index contributed by atoms with van der Waals surface area (Å²) in [5, 5.41) is 4.41. The highest BCUT2D eigenvalue weighted by Crippen LogP contribution is 1.97. The third-order valence-corrected chi connectivity index (χ3v) is 0.655. The molecule has 0 saturated heterocycles. The van der Waals surface area contributed by atoms with Gasteiger partial charge in [-0.15, -0.1) is 4.91 Å². The number of aromatic amines is 1. The van der Waals surface area contributed by atoms with Crippen molar-refractivity contribution in [2.24, 2.45) is 5.18 Å². The molecule has 0 saturated carbocycles. The van der Waals surface area contributed by atoms with Crippen molar-refractivity contribution < 1.29 is 4.52 Å². The van der Waals surface area contributed by atoms with E-state index in [4.69, 9.17) is 0 Å². The Morgan fingerprint density at radius 3 is 2.75 bits per heavy atom. The van der Waals surface area contributed by atoms with Crippen molar-refractivity contribution in [1.29, 1.82) is 0 Å². The molecule has 5 nitrogen and oxygen atoms in total. The zero-order chi connectivity index (χ0) is 5.98. The van der Waals surface area contributed by atoms with Crippen molar-refractivity contribution in [2.45, 2.75) is 0 Å². The minimum absolute atomic E-state index is 0.231. The van der Waals surface area contributed by atoms with Crippen molar-refractivity contribution in [3.05, 3.63) is 21.5 Å².